The van der Waals surface area contributed by atoms with Crippen molar-refractivity contribution in [1.29, 1.82) is 0 Å². The summed E-state index contributed by atoms with van der Waals surface area (Å²) in [6, 6.07) is 15.4. The van der Waals surface area contributed by atoms with Crippen molar-refractivity contribution in [2.75, 3.05) is 0 Å². The first-order valence-corrected chi connectivity index (χ1v) is 12.6. The molecule has 0 fully saturated rings. The van der Waals surface area contributed by atoms with Gasteiger partial charge in [-0.15, -0.1) is 21.5 Å². The minimum atomic E-state index is -0.0191. The van der Waals surface area contributed by atoms with Crippen molar-refractivity contribution in [3.63, 3.8) is 0 Å². The Labute approximate surface area is 197 Å². The molecule has 3 heterocycles. The number of hydrogen-bond donors (Lipinski definition) is 0. The average Bonchev–Trinajstić information content (AvgIpc) is 3.45. The maximum absolute atomic E-state index is 13.1. The van der Waals surface area contributed by atoms with Crippen LogP contribution in [0.4, 0.5) is 0 Å². The molecule has 3 aromatic heterocycles. The minimum absolute atomic E-state index is 0.0191. The van der Waals surface area contributed by atoms with Crippen LogP contribution in [-0.2, 0) is 12.3 Å². The zero-order valence-corrected chi connectivity index (χ0v) is 19.8. The molecule has 6 nitrogen and oxygen atoms in total. The highest BCUT2D eigenvalue weighted by Crippen LogP contribution is 2.32. The maximum Gasteiger partial charge on any atom is 0.262 e. The smallest absolute Gasteiger partial charge is 0.262 e. The largest absolute Gasteiger partial charge is 0.276 e. The van der Waals surface area contributed by atoms with Gasteiger partial charge in [-0.3, -0.25) is 13.8 Å². The predicted octanol–water partition coefficient (Wildman–Crippen LogP) is 5.91. The molecule has 0 unspecified atom stereocenters. The molecule has 5 rings (SSSR count). The highest BCUT2D eigenvalue weighted by molar-refractivity contribution is 7.98. The number of fused-ring (bicyclic) bond motifs is 3. The number of benzene rings is 2. The van der Waals surface area contributed by atoms with Crippen LogP contribution in [0.1, 0.15) is 25.5 Å². The summed E-state index contributed by atoms with van der Waals surface area (Å²) in [7, 11) is 0. The summed E-state index contributed by atoms with van der Waals surface area (Å²) >= 11 is 9.46. The normalized spacial score (nSPS) is 11.6. The SMILES string of the molecule is CCCCn1c(=O)c2ccccc2n2c(SCc3csc(-c4ccccc4Cl)n3)nnc12. The Morgan fingerprint density at radius 3 is 2.75 bits per heavy atom. The van der Waals surface area contributed by atoms with Crippen LogP contribution in [0.5, 0.6) is 0 Å². The minimum Gasteiger partial charge on any atom is -0.276 e. The average molecular weight is 482 g/mol. The van der Waals surface area contributed by atoms with Gasteiger partial charge in [0.1, 0.15) is 5.01 Å². The molecule has 0 amide bonds. The number of aryl methyl sites for hydroxylation is 1. The third-order valence-electron chi connectivity index (χ3n) is 5.22. The fraction of sp³-hybridized carbons (Fsp3) is 0.217. The summed E-state index contributed by atoms with van der Waals surface area (Å²) < 4.78 is 3.72. The van der Waals surface area contributed by atoms with E-state index in [4.69, 9.17) is 16.6 Å². The Hall–Kier alpha value is -2.68. The van der Waals surface area contributed by atoms with E-state index < -0.39 is 0 Å². The summed E-state index contributed by atoms with van der Waals surface area (Å²) in [5, 5.41) is 13.9. The molecule has 0 saturated heterocycles. The van der Waals surface area contributed by atoms with E-state index in [2.05, 4.69) is 17.1 Å². The number of thiazole rings is 1. The Bertz CT molecular complexity index is 1470. The lowest BCUT2D eigenvalue weighted by Gasteiger charge is -2.10. The third-order valence-corrected chi connectivity index (χ3v) is 7.44. The first-order chi connectivity index (χ1) is 15.7. The van der Waals surface area contributed by atoms with E-state index in [9.17, 15) is 4.79 Å². The van der Waals surface area contributed by atoms with Gasteiger partial charge in [-0.2, -0.15) is 0 Å². The molecular formula is C23H20ClN5OS2. The van der Waals surface area contributed by atoms with Crippen molar-refractivity contribution < 1.29 is 0 Å². The lowest BCUT2D eigenvalue weighted by atomic mass is 10.2. The first-order valence-electron chi connectivity index (χ1n) is 10.4. The number of para-hydroxylation sites is 1. The molecule has 32 heavy (non-hydrogen) atoms. The molecule has 2 aromatic carbocycles. The van der Waals surface area contributed by atoms with Crippen molar-refractivity contribution in [2.45, 2.75) is 37.2 Å². The molecule has 0 spiro atoms. The quantitative estimate of drug-likeness (QED) is 0.270. The van der Waals surface area contributed by atoms with Crippen LogP contribution in [0.15, 0.2) is 63.9 Å². The third kappa shape index (κ3) is 3.83. The van der Waals surface area contributed by atoms with Gasteiger partial charge in [0.2, 0.25) is 5.78 Å². The molecule has 0 saturated carbocycles. The molecule has 0 aliphatic heterocycles. The second kappa shape index (κ2) is 9.05. The first kappa shape index (κ1) is 21.2. The molecule has 162 valence electrons. The molecule has 0 radical (unpaired) electrons. The molecule has 0 atom stereocenters. The van der Waals surface area contributed by atoms with E-state index in [-0.39, 0.29) is 5.56 Å². The zero-order valence-electron chi connectivity index (χ0n) is 17.4. The van der Waals surface area contributed by atoms with Crippen LogP contribution >= 0.6 is 34.7 Å². The van der Waals surface area contributed by atoms with Gasteiger partial charge < -0.3 is 0 Å². The van der Waals surface area contributed by atoms with Gasteiger partial charge in [-0.25, -0.2) is 4.98 Å². The van der Waals surface area contributed by atoms with Crippen LogP contribution in [0.2, 0.25) is 5.02 Å². The van der Waals surface area contributed by atoms with Gasteiger partial charge in [-0.05, 0) is 24.6 Å². The van der Waals surface area contributed by atoms with Crippen molar-refractivity contribution in [3.05, 3.63) is 75.0 Å². The molecular weight excluding hydrogens is 462 g/mol. The summed E-state index contributed by atoms with van der Waals surface area (Å²) in [5.74, 6) is 1.23. The number of nitrogens with zero attached hydrogens (tertiary/aromatic N) is 5. The standard InChI is InChI=1S/C23H20ClN5OS2/c1-2-3-12-28-21(30)17-9-5-7-11-19(17)29-22(28)26-27-23(29)32-14-15-13-31-20(25-15)16-8-4-6-10-18(16)24/h4-11,13H,2-3,12,14H2,1H3. The number of hydrogen-bond acceptors (Lipinski definition) is 6. The van der Waals surface area contributed by atoms with Crippen LogP contribution in [0.25, 0.3) is 27.3 Å². The molecule has 0 bridgehead atoms. The van der Waals surface area contributed by atoms with Gasteiger partial charge in [0.05, 0.1) is 21.6 Å². The lowest BCUT2D eigenvalue weighted by molar-refractivity contribution is 0.620. The maximum atomic E-state index is 13.1. The Kier molecular flexibility index (Phi) is 5.99. The van der Waals surface area contributed by atoms with Crippen LogP contribution in [-0.4, -0.2) is 24.1 Å². The molecule has 0 N–H and O–H groups in total. The number of thioether (sulfide) groups is 1. The van der Waals surface area contributed by atoms with Gasteiger partial charge in [0, 0.05) is 23.2 Å². The summed E-state index contributed by atoms with van der Waals surface area (Å²) in [5.41, 5.74) is 2.70. The molecule has 0 aliphatic rings. The van der Waals surface area contributed by atoms with Gasteiger partial charge >= 0.3 is 0 Å². The number of halogens is 1. The van der Waals surface area contributed by atoms with E-state index in [1.807, 2.05) is 58.3 Å². The highest BCUT2D eigenvalue weighted by Gasteiger charge is 2.17. The molecule has 0 aliphatic carbocycles. The fourth-order valence-electron chi connectivity index (χ4n) is 3.61. The van der Waals surface area contributed by atoms with E-state index in [1.54, 1.807) is 27.7 Å². The summed E-state index contributed by atoms with van der Waals surface area (Å²) in [6.07, 6.45) is 1.91. The highest BCUT2D eigenvalue weighted by atomic mass is 35.5. The van der Waals surface area contributed by atoms with Crippen molar-refractivity contribution in [3.8, 4) is 10.6 Å². The Morgan fingerprint density at radius 1 is 1.09 bits per heavy atom. The van der Waals surface area contributed by atoms with Crippen LogP contribution < -0.4 is 5.56 Å². The number of rotatable bonds is 7. The van der Waals surface area contributed by atoms with E-state index in [0.29, 0.717) is 28.5 Å². The zero-order chi connectivity index (χ0) is 22.1. The lowest BCUT2D eigenvalue weighted by Crippen LogP contribution is -2.23. The molecule has 5 aromatic rings. The van der Waals surface area contributed by atoms with Gasteiger partial charge in [-0.1, -0.05) is 67.0 Å². The Balaban J connectivity index is 1.50. The fourth-order valence-corrected chi connectivity index (χ4v) is 5.69. The van der Waals surface area contributed by atoms with Crippen molar-refractivity contribution in [2.24, 2.45) is 0 Å². The summed E-state index contributed by atoms with van der Waals surface area (Å²) in [4.78, 5) is 17.8. The van der Waals surface area contributed by atoms with Gasteiger partial charge in [0.15, 0.2) is 5.16 Å². The van der Waals surface area contributed by atoms with Crippen LogP contribution in [0, 0.1) is 0 Å². The number of aromatic nitrogens is 5. The monoisotopic (exact) mass is 481 g/mol. The van der Waals surface area contributed by atoms with Crippen LogP contribution in [0.3, 0.4) is 0 Å². The second-order valence-corrected chi connectivity index (χ2v) is 9.57. The van der Waals surface area contributed by atoms with Gasteiger partial charge in [0.25, 0.3) is 5.56 Å². The van der Waals surface area contributed by atoms with E-state index >= 15 is 0 Å². The van der Waals surface area contributed by atoms with E-state index in [0.717, 1.165) is 39.8 Å². The molecule has 9 heteroatoms. The topological polar surface area (TPSA) is 65.1 Å². The second-order valence-electron chi connectivity index (χ2n) is 7.36. The number of unbranched alkanes of at least 4 members (excludes halogenated alkanes) is 1. The van der Waals surface area contributed by atoms with Crippen molar-refractivity contribution in [1.82, 2.24) is 24.1 Å². The van der Waals surface area contributed by atoms with E-state index in [1.165, 1.54) is 0 Å². The van der Waals surface area contributed by atoms with Crippen molar-refractivity contribution >= 4 is 51.4 Å². The summed E-state index contributed by atoms with van der Waals surface area (Å²) in [6.45, 7) is 2.73. The Morgan fingerprint density at radius 2 is 1.91 bits per heavy atom. The predicted molar refractivity (Wildman–Crippen MR) is 132 cm³/mol.